The first kappa shape index (κ1) is 17.7. The van der Waals surface area contributed by atoms with Crippen molar-refractivity contribution in [2.45, 2.75) is 12.3 Å². The highest BCUT2D eigenvalue weighted by Gasteiger charge is 2.19. The van der Waals surface area contributed by atoms with Crippen LogP contribution in [0.4, 0.5) is 0 Å². The molecule has 6 nitrogen and oxygen atoms in total. The molecule has 1 unspecified atom stereocenters. The fourth-order valence-electron chi connectivity index (χ4n) is 1.90. The molecule has 0 aliphatic rings. The Balaban J connectivity index is 1.98. The van der Waals surface area contributed by atoms with Crippen molar-refractivity contribution < 1.29 is 14.5 Å². The van der Waals surface area contributed by atoms with Crippen molar-refractivity contribution >= 4 is 19.7 Å². The van der Waals surface area contributed by atoms with E-state index >= 15 is 0 Å². The van der Waals surface area contributed by atoms with Crippen LogP contribution >= 0.6 is 19.7 Å². The lowest BCUT2D eigenvalue weighted by Gasteiger charge is -2.20. The maximum Gasteiger partial charge on any atom is 0.188 e. The molecule has 0 radical (unpaired) electrons. The predicted octanol–water partition coefficient (Wildman–Crippen LogP) is 1.97. The Kier molecular flexibility index (Phi) is 6.83. The molecule has 2 aromatic rings. The van der Waals surface area contributed by atoms with Gasteiger partial charge in [0.15, 0.2) is 8.38 Å². The van der Waals surface area contributed by atoms with Gasteiger partial charge in [-0.05, 0) is 29.1 Å². The summed E-state index contributed by atoms with van der Waals surface area (Å²) < 4.78 is 5.46. The number of hydrogen-bond acceptors (Lipinski definition) is 7. The van der Waals surface area contributed by atoms with E-state index in [1.807, 2.05) is 17.5 Å². The molecule has 8 heteroatoms. The van der Waals surface area contributed by atoms with Crippen molar-refractivity contribution in [2.24, 2.45) is 11.5 Å². The van der Waals surface area contributed by atoms with Gasteiger partial charge in [0.05, 0.1) is 5.70 Å². The molecule has 0 saturated heterocycles. The normalized spacial score (nSPS) is 13.3. The number of nitrogens with two attached hydrogens (primary N) is 2. The van der Waals surface area contributed by atoms with Crippen molar-refractivity contribution in [3.63, 3.8) is 0 Å². The average Bonchev–Trinajstić information content (AvgIpc) is 3.07. The zero-order chi connectivity index (χ0) is 16.7. The number of nitrogens with one attached hydrogen (secondary N) is 1. The smallest absolute Gasteiger partial charge is 0.188 e. The van der Waals surface area contributed by atoms with E-state index < -0.39 is 14.2 Å². The van der Waals surface area contributed by atoms with Gasteiger partial charge in [-0.1, -0.05) is 18.2 Å². The Morgan fingerprint density at radius 1 is 1.30 bits per heavy atom. The van der Waals surface area contributed by atoms with Crippen LogP contribution in [0.5, 0.6) is 5.75 Å². The molecular weight excluding hydrogens is 333 g/mol. The highest BCUT2D eigenvalue weighted by Crippen LogP contribution is 2.42. The summed E-state index contributed by atoms with van der Waals surface area (Å²) >= 11 is 1.62. The fraction of sp³-hybridized carbons (Fsp3) is 0.200. The lowest BCUT2D eigenvalue weighted by molar-refractivity contribution is 0.350. The van der Waals surface area contributed by atoms with Gasteiger partial charge in [0.25, 0.3) is 0 Å². The van der Waals surface area contributed by atoms with Gasteiger partial charge in [0.2, 0.25) is 0 Å². The van der Waals surface area contributed by atoms with Crippen LogP contribution in [-0.2, 0) is 6.54 Å². The Morgan fingerprint density at radius 3 is 2.61 bits per heavy atom. The second kappa shape index (κ2) is 8.86. The molecule has 0 spiro atoms. The van der Waals surface area contributed by atoms with Crippen LogP contribution in [0.15, 0.2) is 53.7 Å². The predicted molar refractivity (Wildman–Crippen MR) is 93.7 cm³/mol. The summed E-state index contributed by atoms with van der Waals surface area (Å²) in [4.78, 5) is 20.5. The van der Waals surface area contributed by atoms with Crippen molar-refractivity contribution in [3.05, 3.63) is 64.1 Å². The van der Waals surface area contributed by atoms with E-state index in [-0.39, 0.29) is 6.61 Å². The minimum absolute atomic E-state index is 0.211. The van der Waals surface area contributed by atoms with E-state index in [0.29, 0.717) is 18.0 Å². The molecule has 2 rings (SSSR count). The van der Waals surface area contributed by atoms with Crippen LogP contribution in [0.3, 0.4) is 0 Å². The first-order valence-electron chi connectivity index (χ1n) is 6.92. The Labute approximate surface area is 140 Å². The standard InChI is InChI=1S/C15H20N3O3PS/c16-8-12(17)10-21-13-5-3-11(4-6-13)15(22(19)20)18-9-14-2-1-7-23-14/h1-8,15,18-20H,9-10,16-17H2/b12-8-. The first-order valence-corrected chi connectivity index (χ1v) is 9.11. The number of rotatable bonds is 8. The largest absolute Gasteiger partial charge is 0.487 e. The van der Waals surface area contributed by atoms with Crippen molar-refractivity contribution in [1.29, 1.82) is 0 Å². The van der Waals surface area contributed by atoms with Crippen LogP contribution in [0.25, 0.3) is 0 Å². The topological polar surface area (TPSA) is 114 Å². The van der Waals surface area contributed by atoms with E-state index in [1.165, 1.54) is 6.20 Å². The van der Waals surface area contributed by atoms with Gasteiger partial charge in [-0.15, -0.1) is 11.3 Å². The number of thiophene rings is 1. The zero-order valence-corrected chi connectivity index (χ0v) is 14.1. The van der Waals surface area contributed by atoms with Gasteiger partial charge in [0, 0.05) is 17.6 Å². The van der Waals surface area contributed by atoms with Gasteiger partial charge >= 0.3 is 0 Å². The Hall–Kier alpha value is -1.63. The number of ether oxygens (including phenoxy) is 1. The van der Waals surface area contributed by atoms with E-state index in [1.54, 1.807) is 35.6 Å². The summed E-state index contributed by atoms with van der Waals surface area (Å²) in [5, 5.41) is 5.16. The van der Waals surface area contributed by atoms with Gasteiger partial charge in [-0.3, -0.25) is 5.32 Å². The van der Waals surface area contributed by atoms with Crippen molar-refractivity contribution in [2.75, 3.05) is 6.61 Å². The SMILES string of the molecule is N/C=C(\N)COc1ccc(C(NCc2cccs2)P(O)O)cc1. The van der Waals surface area contributed by atoms with Gasteiger partial charge < -0.3 is 26.0 Å². The summed E-state index contributed by atoms with van der Waals surface area (Å²) in [6.07, 6.45) is 1.30. The quantitative estimate of drug-likeness (QED) is 0.464. The van der Waals surface area contributed by atoms with E-state index in [0.717, 1.165) is 10.4 Å². The van der Waals surface area contributed by atoms with Gasteiger partial charge in [0.1, 0.15) is 18.1 Å². The van der Waals surface area contributed by atoms with E-state index in [4.69, 9.17) is 16.2 Å². The van der Waals surface area contributed by atoms with Crippen LogP contribution in [0.1, 0.15) is 16.2 Å². The third-order valence-electron chi connectivity index (χ3n) is 3.10. The molecule has 0 fully saturated rings. The van der Waals surface area contributed by atoms with Crippen LogP contribution in [0.2, 0.25) is 0 Å². The molecule has 0 saturated carbocycles. The van der Waals surface area contributed by atoms with Gasteiger partial charge in [-0.25, -0.2) is 0 Å². The molecule has 1 aromatic heterocycles. The molecule has 0 amide bonds. The Bertz CT molecular complexity index is 617. The second-order valence-electron chi connectivity index (χ2n) is 4.78. The molecule has 0 bridgehead atoms. The summed E-state index contributed by atoms with van der Waals surface area (Å²) in [6.45, 7) is 0.793. The Morgan fingerprint density at radius 2 is 2.04 bits per heavy atom. The third kappa shape index (κ3) is 5.49. The van der Waals surface area contributed by atoms with Crippen LogP contribution < -0.4 is 21.5 Å². The molecule has 1 heterocycles. The molecule has 7 N–H and O–H groups in total. The number of benzene rings is 1. The van der Waals surface area contributed by atoms with Crippen molar-refractivity contribution in [1.82, 2.24) is 5.32 Å². The molecule has 1 atom stereocenters. The third-order valence-corrected chi connectivity index (χ3v) is 4.92. The van der Waals surface area contributed by atoms with Crippen LogP contribution in [0, 0.1) is 0 Å². The second-order valence-corrected chi connectivity index (χ2v) is 6.97. The average molecular weight is 353 g/mol. The maximum absolute atomic E-state index is 9.66. The summed E-state index contributed by atoms with van der Waals surface area (Å²) in [7, 11) is -2.15. The lowest BCUT2D eigenvalue weighted by Crippen LogP contribution is -2.19. The highest BCUT2D eigenvalue weighted by molar-refractivity contribution is 7.45. The molecule has 124 valence electrons. The number of hydrogen-bond donors (Lipinski definition) is 5. The van der Waals surface area contributed by atoms with Crippen molar-refractivity contribution in [3.8, 4) is 5.75 Å². The highest BCUT2D eigenvalue weighted by atomic mass is 32.1. The summed E-state index contributed by atoms with van der Waals surface area (Å²) in [5.41, 5.74) is 12.1. The van der Waals surface area contributed by atoms with Crippen LogP contribution in [-0.4, -0.2) is 16.4 Å². The maximum atomic E-state index is 9.66. The molecule has 0 aliphatic carbocycles. The zero-order valence-electron chi connectivity index (χ0n) is 12.4. The first-order chi connectivity index (χ1) is 11.1. The molecule has 1 aromatic carbocycles. The van der Waals surface area contributed by atoms with E-state index in [2.05, 4.69) is 5.32 Å². The van der Waals surface area contributed by atoms with Gasteiger partial charge in [-0.2, -0.15) is 0 Å². The summed E-state index contributed by atoms with van der Waals surface area (Å²) in [6, 6.07) is 11.1. The summed E-state index contributed by atoms with van der Waals surface area (Å²) in [5.74, 6) is 0.117. The molecule has 23 heavy (non-hydrogen) atoms. The minimum atomic E-state index is -2.15. The minimum Gasteiger partial charge on any atom is -0.487 e. The monoisotopic (exact) mass is 353 g/mol. The molecular formula is C15H20N3O3PS. The lowest BCUT2D eigenvalue weighted by atomic mass is 10.2. The fourth-order valence-corrected chi connectivity index (χ4v) is 3.25. The molecule has 0 aliphatic heterocycles. The van der Waals surface area contributed by atoms with E-state index in [9.17, 15) is 9.79 Å².